The first-order chi connectivity index (χ1) is 9.94. The molecule has 22 heavy (non-hydrogen) atoms. The zero-order valence-electron chi connectivity index (χ0n) is 14.0. The summed E-state index contributed by atoms with van der Waals surface area (Å²) in [5.41, 5.74) is 5.16. The van der Waals surface area contributed by atoms with E-state index in [1.807, 2.05) is 41.5 Å². The Morgan fingerprint density at radius 1 is 1.14 bits per heavy atom. The molecule has 1 aromatic heterocycles. The number of benzene rings is 1. The number of fused-ring (bicyclic) bond motifs is 1. The predicted octanol–water partition coefficient (Wildman–Crippen LogP) is 2.55. The number of aromatic nitrogens is 2. The average molecular weight is 301 g/mol. The largest absolute Gasteiger partial charge is 0.366 e. The highest BCUT2D eigenvalue weighted by Crippen LogP contribution is 2.26. The number of nitrogens with zero attached hydrogens (tertiary/aromatic N) is 2. The molecule has 5 nitrogen and oxygen atoms in total. The molecule has 1 heterocycles. The molecule has 1 amide bonds. The van der Waals surface area contributed by atoms with E-state index < -0.39 is 11.4 Å². The van der Waals surface area contributed by atoms with Gasteiger partial charge in [-0.3, -0.25) is 14.2 Å². The van der Waals surface area contributed by atoms with E-state index in [2.05, 4.69) is 4.98 Å². The Labute approximate surface area is 130 Å². The van der Waals surface area contributed by atoms with Crippen LogP contribution >= 0.6 is 0 Å². The maximum atomic E-state index is 13.1. The average Bonchev–Trinajstić information content (AvgIpc) is 2.34. The number of carbonyl (C=O) groups is 1. The Hall–Kier alpha value is -2.17. The third-order valence-electron chi connectivity index (χ3n) is 3.50. The molecule has 0 unspecified atom stereocenters. The van der Waals surface area contributed by atoms with Crippen molar-refractivity contribution in [3.8, 4) is 0 Å². The number of nitrogens with two attached hydrogens (primary N) is 1. The van der Waals surface area contributed by atoms with Crippen molar-refractivity contribution in [3.63, 3.8) is 0 Å². The molecule has 2 N–H and O–H groups in total. The summed E-state index contributed by atoms with van der Waals surface area (Å²) in [6, 6.07) is 5.01. The molecule has 2 rings (SSSR count). The van der Waals surface area contributed by atoms with Crippen molar-refractivity contribution in [2.24, 2.45) is 5.73 Å². The Bertz CT molecular complexity index is 805. The molecule has 2 aromatic rings. The van der Waals surface area contributed by atoms with Crippen molar-refractivity contribution in [1.29, 1.82) is 0 Å². The first-order valence-electron chi connectivity index (χ1n) is 7.31. The lowest BCUT2D eigenvalue weighted by Gasteiger charge is -2.31. The minimum Gasteiger partial charge on any atom is -0.366 e. The van der Waals surface area contributed by atoms with Gasteiger partial charge in [0.1, 0.15) is 5.82 Å². The maximum absolute atomic E-state index is 13.1. The fourth-order valence-corrected chi connectivity index (χ4v) is 2.56. The third-order valence-corrected chi connectivity index (χ3v) is 3.50. The first kappa shape index (κ1) is 16.2. The second-order valence-electron chi connectivity index (χ2n) is 7.56. The van der Waals surface area contributed by atoms with Gasteiger partial charge in [0.05, 0.1) is 16.5 Å². The normalized spacial score (nSPS) is 12.6. The van der Waals surface area contributed by atoms with E-state index in [4.69, 9.17) is 5.73 Å². The summed E-state index contributed by atoms with van der Waals surface area (Å²) in [4.78, 5) is 29.4. The van der Waals surface area contributed by atoms with Gasteiger partial charge in [0.25, 0.3) is 5.56 Å². The maximum Gasteiger partial charge on any atom is 0.262 e. The molecule has 0 spiro atoms. The van der Waals surface area contributed by atoms with Crippen LogP contribution < -0.4 is 11.3 Å². The van der Waals surface area contributed by atoms with Crippen LogP contribution in [-0.4, -0.2) is 15.5 Å². The molecule has 0 aliphatic carbocycles. The fourth-order valence-electron chi connectivity index (χ4n) is 2.56. The second kappa shape index (κ2) is 4.93. The molecular weight excluding hydrogens is 278 g/mol. The number of hydrogen-bond donors (Lipinski definition) is 1. The standard InChI is InChI=1S/C17H23N3O2/c1-16(2,3)15-19-11-9-7-8-10(13(18)21)12(11)14(22)20(15)17(4,5)6/h7-9H,1-6H3,(H2,18,21). The van der Waals surface area contributed by atoms with Crippen molar-refractivity contribution < 1.29 is 4.79 Å². The van der Waals surface area contributed by atoms with Gasteiger partial charge in [-0.25, -0.2) is 4.98 Å². The molecule has 5 heteroatoms. The summed E-state index contributed by atoms with van der Waals surface area (Å²) in [5, 5.41) is 0.290. The fraction of sp³-hybridized carbons (Fsp3) is 0.471. The Kier molecular flexibility index (Phi) is 3.63. The monoisotopic (exact) mass is 301 g/mol. The van der Waals surface area contributed by atoms with Crippen molar-refractivity contribution in [2.75, 3.05) is 0 Å². The molecule has 0 fully saturated rings. The minimum absolute atomic E-state index is 0.216. The molecule has 0 aliphatic rings. The molecule has 0 bridgehead atoms. The summed E-state index contributed by atoms with van der Waals surface area (Å²) in [5.74, 6) is 0.0765. The predicted molar refractivity (Wildman–Crippen MR) is 88.2 cm³/mol. The van der Waals surface area contributed by atoms with Gasteiger partial charge in [-0.1, -0.05) is 26.8 Å². The van der Waals surface area contributed by atoms with Crippen molar-refractivity contribution in [1.82, 2.24) is 9.55 Å². The van der Waals surface area contributed by atoms with Crippen LogP contribution in [0.15, 0.2) is 23.0 Å². The van der Waals surface area contributed by atoms with Gasteiger partial charge in [0.2, 0.25) is 5.91 Å². The van der Waals surface area contributed by atoms with Crippen LogP contribution in [0.2, 0.25) is 0 Å². The number of rotatable bonds is 1. The van der Waals surface area contributed by atoms with Gasteiger partial charge in [0.15, 0.2) is 0 Å². The lowest BCUT2D eigenvalue weighted by molar-refractivity contribution is 0.100. The molecule has 0 aliphatic heterocycles. The topological polar surface area (TPSA) is 78.0 Å². The second-order valence-corrected chi connectivity index (χ2v) is 7.56. The van der Waals surface area contributed by atoms with Crippen LogP contribution in [0.25, 0.3) is 10.9 Å². The van der Waals surface area contributed by atoms with E-state index >= 15 is 0 Å². The van der Waals surface area contributed by atoms with E-state index in [-0.39, 0.29) is 21.9 Å². The number of hydrogen-bond acceptors (Lipinski definition) is 3. The van der Waals surface area contributed by atoms with Gasteiger partial charge in [-0.15, -0.1) is 0 Å². The van der Waals surface area contributed by atoms with E-state index in [1.54, 1.807) is 22.8 Å². The molecule has 0 saturated heterocycles. The zero-order valence-corrected chi connectivity index (χ0v) is 14.0. The summed E-state index contributed by atoms with van der Waals surface area (Å²) in [6.45, 7) is 11.9. The van der Waals surface area contributed by atoms with Crippen molar-refractivity contribution >= 4 is 16.8 Å². The van der Waals surface area contributed by atoms with Crippen molar-refractivity contribution in [3.05, 3.63) is 39.9 Å². The van der Waals surface area contributed by atoms with Crippen LogP contribution in [0, 0.1) is 0 Å². The minimum atomic E-state index is -0.617. The van der Waals surface area contributed by atoms with Gasteiger partial charge in [-0.05, 0) is 32.9 Å². The molecule has 0 saturated carbocycles. The van der Waals surface area contributed by atoms with Crippen LogP contribution in [-0.2, 0) is 11.0 Å². The van der Waals surface area contributed by atoms with Crippen molar-refractivity contribution in [2.45, 2.75) is 52.5 Å². The smallest absolute Gasteiger partial charge is 0.262 e. The van der Waals surface area contributed by atoms with E-state index in [1.165, 1.54) is 0 Å². The highest BCUT2D eigenvalue weighted by Gasteiger charge is 2.29. The quantitative estimate of drug-likeness (QED) is 0.879. The SMILES string of the molecule is CC(C)(C)c1nc2cccc(C(N)=O)c2c(=O)n1C(C)(C)C. The summed E-state index contributed by atoms with van der Waals surface area (Å²) < 4.78 is 1.67. The Balaban J connectivity index is 3.08. The van der Waals surface area contributed by atoms with Crippen LogP contribution in [0.5, 0.6) is 0 Å². The zero-order chi connectivity index (χ0) is 16.9. The lowest BCUT2D eigenvalue weighted by Crippen LogP contribution is -2.41. The molecule has 118 valence electrons. The number of amides is 1. The van der Waals surface area contributed by atoms with Crippen LogP contribution in [0.3, 0.4) is 0 Å². The van der Waals surface area contributed by atoms with E-state index in [0.717, 1.165) is 0 Å². The van der Waals surface area contributed by atoms with E-state index in [9.17, 15) is 9.59 Å². The lowest BCUT2D eigenvalue weighted by atomic mass is 9.92. The molecule has 0 atom stereocenters. The van der Waals surface area contributed by atoms with Gasteiger partial charge < -0.3 is 5.73 Å². The van der Waals surface area contributed by atoms with Gasteiger partial charge in [-0.2, -0.15) is 0 Å². The number of primary amides is 1. The Morgan fingerprint density at radius 2 is 1.73 bits per heavy atom. The van der Waals surface area contributed by atoms with Gasteiger partial charge >= 0.3 is 0 Å². The van der Waals surface area contributed by atoms with E-state index in [0.29, 0.717) is 11.3 Å². The highest BCUT2D eigenvalue weighted by molar-refractivity contribution is 6.05. The molecule has 1 aromatic carbocycles. The first-order valence-corrected chi connectivity index (χ1v) is 7.31. The Morgan fingerprint density at radius 3 is 2.18 bits per heavy atom. The van der Waals surface area contributed by atoms with Crippen LogP contribution in [0.4, 0.5) is 0 Å². The van der Waals surface area contributed by atoms with Gasteiger partial charge in [0, 0.05) is 11.0 Å². The number of carbonyl (C=O) groups excluding carboxylic acids is 1. The summed E-state index contributed by atoms with van der Waals surface area (Å²) in [6.07, 6.45) is 0. The van der Waals surface area contributed by atoms with Crippen LogP contribution in [0.1, 0.15) is 57.7 Å². The summed E-state index contributed by atoms with van der Waals surface area (Å²) in [7, 11) is 0. The third kappa shape index (κ3) is 2.63. The molecule has 0 radical (unpaired) electrons. The summed E-state index contributed by atoms with van der Waals surface area (Å²) >= 11 is 0. The highest BCUT2D eigenvalue weighted by atomic mass is 16.1. The molecular formula is C17H23N3O2.